The Morgan fingerprint density at radius 2 is 1.47 bits per heavy atom. The minimum atomic E-state index is -4.43. The molecule has 1 fully saturated rings. The second-order valence-corrected chi connectivity index (χ2v) is 9.13. The van der Waals surface area contributed by atoms with Gasteiger partial charge in [0, 0.05) is 20.5 Å². The van der Waals surface area contributed by atoms with Crippen molar-refractivity contribution < 1.29 is 27.4 Å². The molecule has 5 nitrogen and oxygen atoms in total. The van der Waals surface area contributed by atoms with E-state index in [4.69, 9.17) is 19.2 Å². The molecule has 2 aliphatic rings. The number of alkyl halides is 3. The third-order valence-corrected chi connectivity index (χ3v) is 6.47. The van der Waals surface area contributed by atoms with E-state index in [2.05, 4.69) is 0 Å². The van der Waals surface area contributed by atoms with E-state index < -0.39 is 42.6 Å². The molecule has 0 radical (unpaired) electrons. The van der Waals surface area contributed by atoms with Crippen molar-refractivity contribution in [1.82, 2.24) is 4.90 Å². The molecule has 1 saturated heterocycles. The molecule has 0 amide bonds. The molecule has 0 aliphatic carbocycles. The highest BCUT2D eigenvalue weighted by atomic mass is 19.4. The summed E-state index contributed by atoms with van der Waals surface area (Å²) in [7, 11) is 3.74. The van der Waals surface area contributed by atoms with Crippen LogP contribution in [0, 0.1) is 5.92 Å². The Balaban J connectivity index is 1.65. The second-order valence-electron chi connectivity index (χ2n) is 9.13. The predicted octanol–water partition coefficient (Wildman–Crippen LogP) is 4.86. The Bertz CT molecular complexity index is 953. The summed E-state index contributed by atoms with van der Waals surface area (Å²) in [6.45, 7) is 1.56. The normalized spacial score (nSPS) is 27.7. The van der Waals surface area contributed by atoms with Crippen LogP contribution in [0.2, 0.25) is 0 Å². The third kappa shape index (κ3) is 5.62. The number of hydrogen-bond donors (Lipinski definition) is 0. The summed E-state index contributed by atoms with van der Waals surface area (Å²) in [4.78, 5) is 6.67. The van der Waals surface area contributed by atoms with Crippen molar-refractivity contribution in [2.24, 2.45) is 10.9 Å². The molecule has 2 aliphatic heterocycles. The van der Waals surface area contributed by atoms with E-state index >= 15 is 0 Å². The lowest BCUT2D eigenvalue weighted by Crippen LogP contribution is -2.60. The summed E-state index contributed by atoms with van der Waals surface area (Å²) in [5.74, 6) is -0.939. The summed E-state index contributed by atoms with van der Waals surface area (Å²) in [5, 5.41) is 0. The fourth-order valence-electron chi connectivity index (χ4n) is 4.49. The molecule has 8 heteroatoms. The topological polar surface area (TPSA) is 43.3 Å². The Labute approximate surface area is 198 Å². The molecule has 0 N–H and O–H groups in total. The van der Waals surface area contributed by atoms with Crippen molar-refractivity contribution >= 4 is 5.84 Å². The number of hydrogen-bond acceptors (Lipinski definition) is 5. The van der Waals surface area contributed by atoms with Crippen LogP contribution in [0.3, 0.4) is 0 Å². The van der Waals surface area contributed by atoms with E-state index in [0.717, 1.165) is 23.9 Å². The van der Waals surface area contributed by atoms with E-state index in [1.165, 1.54) is 0 Å². The van der Waals surface area contributed by atoms with Gasteiger partial charge >= 0.3 is 6.18 Å². The number of benzene rings is 2. The second kappa shape index (κ2) is 10.5. The number of ether oxygens (including phenoxy) is 3. The lowest BCUT2D eigenvalue weighted by molar-refractivity contribution is -0.269. The van der Waals surface area contributed by atoms with Crippen molar-refractivity contribution in [1.29, 1.82) is 0 Å². The first-order valence-electron chi connectivity index (χ1n) is 11.5. The van der Waals surface area contributed by atoms with Gasteiger partial charge in [-0.2, -0.15) is 13.2 Å². The van der Waals surface area contributed by atoms with E-state index in [0.29, 0.717) is 6.42 Å². The number of nitrogens with zero attached hydrogens (tertiary/aromatic N) is 2. The smallest absolute Gasteiger partial charge is 0.369 e. The molecule has 2 unspecified atom stereocenters. The largest absolute Gasteiger partial charge is 0.394 e. The van der Waals surface area contributed by atoms with Crippen molar-refractivity contribution in [2.45, 2.75) is 63.2 Å². The molecule has 2 aromatic rings. The maximum atomic E-state index is 13.9. The Kier molecular flexibility index (Phi) is 7.60. The quantitative estimate of drug-likeness (QED) is 0.573. The summed E-state index contributed by atoms with van der Waals surface area (Å²) in [5.41, 5.74) is 1.80. The molecular formula is C26H31F3N2O3. The van der Waals surface area contributed by atoms with Gasteiger partial charge in [-0.1, -0.05) is 67.6 Å². The number of amidine groups is 1. The fourth-order valence-corrected chi connectivity index (χ4v) is 4.49. The average molecular weight is 477 g/mol. The van der Waals surface area contributed by atoms with Gasteiger partial charge in [-0.3, -0.25) is 4.99 Å². The summed E-state index contributed by atoms with van der Waals surface area (Å²) in [6, 6.07) is 18.5. The van der Waals surface area contributed by atoms with Crippen LogP contribution in [-0.4, -0.2) is 61.5 Å². The van der Waals surface area contributed by atoms with Gasteiger partial charge in [0.25, 0.3) is 0 Å². The summed E-state index contributed by atoms with van der Waals surface area (Å²) < 4.78 is 60.2. The Hall–Kier alpha value is -2.42. The van der Waals surface area contributed by atoms with Crippen LogP contribution >= 0.6 is 0 Å². The van der Waals surface area contributed by atoms with Crippen LogP contribution in [0.4, 0.5) is 13.2 Å². The number of fused-ring (bicyclic) bond motifs is 1. The monoisotopic (exact) mass is 476 g/mol. The first-order chi connectivity index (χ1) is 16.2. The molecule has 0 aromatic heterocycles. The highest BCUT2D eigenvalue weighted by Crippen LogP contribution is 2.41. The Morgan fingerprint density at radius 3 is 1.97 bits per heavy atom. The summed E-state index contributed by atoms with van der Waals surface area (Å²) >= 11 is 0. The van der Waals surface area contributed by atoms with Crippen LogP contribution in [0.1, 0.15) is 24.5 Å². The van der Waals surface area contributed by atoms with Crippen LogP contribution in [0.5, 0.6) is 0 Å². The molecule has 184 valence electrons. The zero-order chi connectivity index (χ0) is 24.3. The van der Waals surface area contributed by atoms with Gasteiger partial charge in [0.1, 0.15) is 24.1 Å². The maximum absolute atomic E-state index is 13.9. The van der Waals surface area contributed by atoms with E-state index in [9.17, 15) is 13.2 Å². The molecule has 0 bridgehead atoms. The number of halogens is 3. The van der Waals surface area contributed by atoms with Crippen LogP contribution in [-0.2, 0) is 27.4 Å². The highest BCUT2D eigenvalue weighted by Gasteiger charge is 2.56. The molecule has 6 atom stereocenters. The van der Waals surface area contributed by atoms with Crippen molar-refractivity contribution in [3.8, 4) is 0 Å². The van der Waals surface area contributed by atoms with Gasteiger partial charge in [0.15, 0.2) is 0 Å². The fraction of sp³-hybridized carbons (Fsp3) is 0.500. The lowest BCUT2D eigenvalue weighted by Gasteiger charge is -2.45. The van der Waals surface area contributed by atoms with Gasteiger partial charge in [-0.25, -0.2) is 0 Å². The minimum Gasteiger partial charge on any atom is -0.369 e. The maximum Gasteiger partial charge on any atom is 0.394 e. The number of aliphatic imine (C=N–C) groups is 1. The summed E-state index contributed by atoms with van der Waals surface area (Å²) in [6.07, 6.45) is -7.32. The zero-order valence-electron chi connectivity index (χ0n) is 19.6. The van der Waals surface area contributed by atoms with Crippen LogP contribution in [0.15, 0.2) is 65.7 Å². The molecule has 2 aromatic carbocycles. The molecular weight excluding hydrogens is 445 g/mol. The lowest BCUT2D eigenvalue weighted by atomic mass is 9.86. The van der Waals surface area contributed by atoms with Gasteiger partial charge < -0.3 is 19.1 Å². The van der Waals surface area contributed by atoms with Gasteiger partial charge in [0.2, 0.25) is 0 Å². The molecule has 34 heavy (non-hydrogen) atoms. The third-order valence-electron chi connectivity index (χ3n) is 6.47. The first-order valence-corrected chi connectivity index (χ1v) is 11.5. The standard InChI is InChI=1S/C26H31F3N2O3/c1-17(26(27,28)29)23-25(33-16-19-12-8-5-9-13-19)24(32-15-18-10-6-4-7-11-18)22-20(34-23)14-21(30-22)31(2)3/h4-13,17,20,22-25H,14-16H2,1-3H3/t17?,20-,22+,23?,24-,25-/m1/s1. The minimum absolute atomic E-state index is 0.156. The Morgan fingerprint density at radius 1 is 0.941 bits per heavy atom. The van der Waals surface area contributed by atoms with Crippen molar-refractivity contribution in [3.63, 3.8) is 0 Å². The van der Waals surface area contributed by atoms with Gasteiger partial charge in [-0.15, -0.1) is 0 Å². The van der Waals surface area contributed by atoms with Gasteiger partial charge in [-0.05, 0) is 11.1 Å². The number of rotatable bonds is 7. The molecule has 4 rings (SSSR count). The zero-order valence-corrected chi connectivity index (χ0v) is 19.6. The molecule has 0 spiro atoms. The van der Waals surface area contributed by atoms with Crippen molar-refractivity contribution in [3.05, 3.63) is 71.8 Å². The van der Waals surface area contributed by atoms with Crippen LogP contribution < -0.4 is 0 Å². The van der Waals surface area contributed by atoms with Gasteiger partial charge in [0.05, 0.1) is 31.3 Å². The van der Waals surface area contributed by atoms with E-state index in [1.807, 2.05) is 79.7 Å². The van der Waals surface area contributed by atoms with Crippen molar-refractivity contribution in [2.75, 3.05) is 14.1 Å². The van der Waals surface area contributed by atoms with E-state index in [-0.39, 0.29) is 13.2 Å². The van der Waals surface area contributed by atoms with E-state index in [1.54, 1.807) is 0 Å². The first kappa shape index (κ1) is 24.7. The average Bonchev–Trinajstić information content (AvgIpc) is 3.26. The molecule has 0 saturated carbocycles. The SMILES string of the molecule is CC(C1O[C@@H]2CC(N(C)C)=N[C@@H]2[C@@H](OCc2ccccc2)[C@@H]1OCc1ccccc1)C(F)(F)F. The highest BCUT2D eigenvalue weighted by molar-refractivity contribution is 5.84. The molecule has 2 heterocycles. The predicted molar refractivity (Wildman–Crippen MR) is 123 cm³/mol. The van der Waals surface area contributed by atoms with Crippen LogP contribution in [0.25, 0.3) is 0 Å².